The Bertz CT molecular complexity index is 335. The van der Waals surface area contributed by atoms with Crippen molar-refractivity contribution in [2.45, 2.75) is 66.0 Å². The fourth-order valence-electron chi connectivity index (χ4n) is 3.45. The van der Waals surface area contributed by atoms with E-state index in [1.807, 2.05) is 18.9 Å². The third kappa shape index (κ3) is 3.54. The van der Waals surface area contributed by atoms with Crippen LogP contribution in [-0.2, 0) is 9.53 Å². The normalized spacial score (nSPS) is 24.0. The quantitative estimate of drug-likeness (QED) is 0.784. The van der Waals surface area contributed by atoms with Crippen molar-refractivity contribution in [1.29, 1.82) is 0 Å². The molecule has 0 spiro atoms. The second-order valence-electron chi connectivity index (χ2n) is 6.62. The first-order chi connectivity index (χ1) is 9.30. The van der Waals surface area contributed by atoms with E-state index in [0.29, 0.717) is 6.54 Å². The van der Waals surface area contributed by atoms with Crippen molar-refractivity contribution in [3.8, 4) is 0 Å². The molecule has 4 nitrogen and oxygen atoms in total. The molecule has 1 saturated carbocycles. The van der Waals surface area contributed by atoms with Gasteiger partial charge in [0.25, 0.3) is 0 Å². The summed E-state index contributed by atoms with van der Waals surface area (Å²) in [6, 6.07) is 0.246. The highest BCUT2D eigenvalue weighted by Crippen LogP contribution is 2.46. The SMILES string of the molecule is CCOC1CC(N(C)C(=O)C(CC)(CC)CN)C1(C)C.Cl. The third-order valence-corrected chi connectivity index (χ3v) is 5.48. The van der Waals surface area contributed by atoms with Gasteiger partial charge in [-0.05, 0) is 26.2 Å². The molecule has 1 aliphatic carbocycles. The van der Waals surface area contributed by atoms with Crippen molar-refractivity contribution in [3.63, 3.8) is 0 Å². The number of hydrogen-bond acceptors (Lipinski definition) is 3. The van der Waals surface area contributed by atoms with E-state index in [2.05, 4.69) is 27.7 Å². The van der Waals surface area contributed by atoms with E-state index < -0.39 is 5.41 Å². The van der Waals surface area contributed by atoms with Gasteiger partial charge in [0.1, 0.15) is 0 Å². The zero-order chi connectivity index (χ0) is 15.6. The van der Waals surface area contributed by atoms with Crippen LogP contribution < -0.4 is 5.73 Å². The predicted octanol–water partition coefficient (Wildman–Crippen LogP) is 2.84. The predicted molar refractivity (Wildman–Crippen MR) is 89.7 cm³/mol. The van der Waals surface area contributed by atoms with Gasteiger partial charge in [-0.15, -0.1) is 12.4 Å². The lowest BCUT2D eigenvalue weighted by Gasteiger charge is -2.56. The Morgan fingerprint density at radius 3 is 2.19 bits per heavy atom. The summed E-state index contributed by atoms with van der Waals surface area (Å²) in [4.78, 5) is 14.8. The van der Waals surface area contributed by atoms with Crippen LogP contribution in [0, 0.1) is 10.8 Å². The summed E-state index contributed by atoms with van der Waals surface area (Å²) in [5.74, 6) is 0.193. The van der Waals surface area contributed by atoms with Gasteiger partial charge in [0.2, 0.25) is 5.91 Å². The molecule has 0 bridgehead atoms. The van der Waals surface area contributed by atoms with Crippen LogP contribution in [0.25, 0.3) is 0 Å². The van der Waals surface area contributed by atoms with Gasteiger partial charge < -0.3 is 15.4 Å². The molecule has 1 aliphatic rings. The van der Waals surface area contributed by atoms with Gasteiger partial charge >= 0.3 is 0 Å². The Balaban J connectivity index is 0.00000400. The maximum absolute atomic E-state index is 12.8. The summed E-state index contributed by atoms with van der Waals surface area (Å²) in [5.41, 5.74) is 5.51. The summed E-state index contributed by atoms with van der Waals surface area (Å²) in [5, 5.41) is 0. The van der Waals surface area contributed by atoms with Gasteiger partial charge in [0.15, 0.2) is 0 Å². The number of halogens is 1. The first-order valence-electron chi connectivity index (χ1n) is 7.89. The molecule has 1 fully saturated rings. The summed E-state index contributed by atoms with van der Waals surface area (Å²) in [6.07, 6.45) is 2.77. The van der Waals surface area contributed by atoms with Crippen LogP contribution in [0.1, 0.15) is 53.9 Å². The second kappa shape index (κ2) is 7.80. The molecule has 0 aliphatic heterocycles. The molecule has 0 aromatic heterocycles. The lowest BCUT2D eigenvalue weighted by Crippen LogP contribution is -2.64. The Labute approximate surface area is 136 Å². The van der Waals surface area contributed by atoms with Gasteiger partial charge in [-0.25, -0.2) is 0 Å². The maximum atomic E-state index is 12.8. The highest BCUT2D eigenvalue weighted by Gasteiger charge is 2.53. The molecule has 0 radical (unpaired) electrons. The van der Waals surface area contributed by atoms with Crippen molar-refractivity contribution in [2.75, 3.05) is 20.2 Å². The van der Waals surface area contributed by atoms with Gasteiger partial charge in [0, 0.05) is 31.7 Å². The molecule has 2 atom stereocenters. The van der Waals surface area contributed by atoms with E-state index in [9.17, 15) is 4.79 Å². The maximum Gasteiger partial charge on any atom is 0.230 e. The molecule has 5 heteroatoms. The van der Waals surface area contributed by atoms with Gasteiger partial charge in [0.05, 0.1) is 11.5 Å². The Morgan fingerprint density at radius 1 is 1.33 bits per heavy atom. The number of nitrogens with two attached hydrogens (primary N) is 1. The van der Waals surface area contributed by atoms with Gasteiger partial charge in [-0.2, -0.15) is 0 Å². The van der Waals surface area contributed by atoms with Crippen LogP contribution in [0.4, 0.5) is 0 Å². The number of amides is 1. The molecule has 0 aromatic carbocycles. The fourth-order valence-corrected chi connectivity index (χ4v) is 3.45. The Morgan fingerprint density at radius 2 is 1.86 bits per heavy atom. The topological polar surface area (TPSA) is 55.6 Å². The molecular weight excluding hydrogens is 288 g/mol. The molecule has 0 heterocycles. The monoisotopic (exact) mass is 320 g/mol. The van der Waals surface area contributed by atoms with Gasteiger partial charge in [-0.3, -0.25) is 4.79 Å². The number of ether oxygens (including phenoxy) is 1. The zero-order valence-electron chi connectivity index (χ0n) is 14.4. The first kappa shape index (κ1) is 20.7. The zero-order valence-corrected chi connectivity index (χ0v) is 15.3. The van der Waals surface area contributed by atoms with E-state index >= 15 is 0 Å². The number of nitrogens with zero attached hydrogens (tertiary/aromatic N) is 1. The summed E-state index contributed by atoms with van der Waals surface area (Å²) < 4.78 is 5.76. The first-order valence-corrected chi connectivity index (χ1v) is 7.89. The number of carbonyl (C=O) groups excluding carboxylic acids is 1. The van der Waals surface area contributed by atoms with Crippen molar-refractivity contribution >= 4 is 18.3 Å². The minimum Gasteiger partial charge on any atom is -0.378 e. The highest BCUT2D eigenvalue weighted by molar-refractivity contribution is 5.85. The third-order valence-electron chi connectivity index (χ3n) is 5.48. The van der Waals surface area contributed by atoms with Crippen LogP contribution in [0.2, 0.25) is 0 Å². The average Bonchev–Trinajstić information content (AvgIpc) is 2.44. The minimum absolute atomic E-state index is 0. The standard InChI is InChI=1S/C16H32N2O2.ClH/c1-7-16(8-2,11-17)14(19)18(6)12-10-13(20-9-3)15(12,4)5;/h12-13H,7-11,17H2,1-6H3;1H. The van der Waals surface area contributed by atoms with Crippen LogP contribution in [0.5, 0.6) is 0 Å². The van der Waals surface area contributed by atoms with E-state index in [-0.39, 0.29) is 35.9 Å². The van der Waals surface area contributed by atoms with E-state index in [1.165, 1.54) is 0 Å². The minimum atomic E-state index is -0.401. The van der Waals surface area contributed by atoms with Crippen LogP contribution in [-0.4, -0.2) is 43.2 Å². The smallest absolute Gasteiger partial charge is 0.230 e. The van der Waals surface area contributed by atoms with Gasteiger partial charge in [-0.1, -0.05) is 27.7 Å². The van der Waals surface area contributed by atoms with Crippen molar-refractivity contribution < 1.29 is 9.53 Å². The van der Waals surface area contributed by atoms with Crippen molar-refractivity contribution in [3.05, 3.63) is 0 Å². The van der Waals surface area contributed by atoms with E-state index in [4.69, 9.17) is 10.5 Å². The van der Waals surface area contributed by atoms with Crippen LogP contribution >= 0.6 is 12.4 Å². The molecular formula is C16H33ClN2O2. The van der Waals surface area contributed by atoms with Crippen LogP contribution in [0.3, 0.4) is 0 Å². The summed E-state index contributed by atoms with van der Waals surface area (Å²) >= 11 is 0. The average molecular weight is 321 g/mol. The van der Waals surface area contributed by atoms with Crippen LogP contribution in [0.15, 0.2) is 0 Å². The Hall–Kier alpha value is -0.320. The molecule has 0 saturated heterocycles. The number of carbonyl (C=O) groups is 1. The Kier molecular flexibility index (Phi) is 7.68. The fraction of sp³-hybridized carbons (Fsp3) is 0.938. The molecule has 0 aromatic rings. The molecule has 2 unspecified atom stereocenters. The largest absolute Gasteiger partial charge is 0.378 e. The molecule has 2 N–H and O–H groups in total. The molecule has 126 valence electrons. The molecule has 21 heavy (non-hydrogen) atoms. The van der Waals surface area contributed by atoms with E-state index in [1.54, 1.807) is 0 Å². The summed E-state index contributed by atoms with van der Waals surface area (Å²) in [6.45, 7) is 11.7. The van der Waals surface area contributed by atoms with Crippen molar-refractivity contribution in [2.24, 2.45) is 16.6 Å². The molecule has 1 rings (SSSR count). The lowest BCUT2D eigenvalue weighted by atomic mass is 9.63. The number of rotatable bonds is 7. The van der Waals surface area contributed by atoms with E-state index in [0.717, 1.165) is 25.9 Å². The second-order valence-corrected chi connectivity index (χ2v) is 6.62. The summed E-state index contributed by atoms with van der Waals surface area (Å²) in [7, 11) is 1.92. The molecule has 1 amide bonds. The highest BCUT2D eigenvalue weighted by atomic mass is 35.5. The van der Waals surface area contributed by atoms with Crippen molar-refractivity contribution in [1.82, 2.24) is 4.90 Å². The number of hydrogen-bond donors (Lipinski definition) is 1. The lowest BCUT2D eigenvalue weighted by molar-refractivity contribution is -0.171.